The molecule has 2 rings (SSSR count). The minimum Gasteiger partial charge on any atom is -0.396 e. The number of nitrogen functional groups attached to an aromatic ring is 1. The molecule has 0 bridgehead atoms. The van der Waals surface area contributed by atoms with E-state index in [1.54, 1.807) is 0 Å². The van der Waals surface area contributed by atoms with Crippen molar-refractivity contribution in [3.05, 3.63) is 24.2 Å². The van der Waals surface area contributed by atoms with Crippen molar-refractivity contribution in [2.45, 2.75) is 0 Å². The number of fused-ring (bicyclic) bond motifs is 1. The number of hydrogen-bond donors (Lipinski definition) is 2. The Morgan fingerprint density at radius 2 is 2.31 bits per heavy atom. The van der Waals surface area contributed by atoms with Crippen LogP contribution in [0.2, 0.25) is 0 Å². The summed E-state index contributed by atoms with van der Waals surface area (Å²) in [6.45, 7) is 0. The highest BCUT2D eigenvalue weighted by Crippen LogP contribution is 2.11. The molecule has 1 amide bonds. The highest BCUT2D eigenvalue weighted by atomic mass is 16.1. The molecule has 0 fully saturated rings. The summed E-state index contributed by atoms with van der Waals surface area (Å²) in [5.74, 6) is -0.538. The molecule has 2 aromatic heterocycles. The van der Waals surface area contributed by atoms with Gasteiger partial charge >= 0.3 is 0 Å². The van der Waals surface area contributed by atoms with Crippen LogP contribution in [0.4, 0.5) is 5.69 Å². The van der Waals surface area contributed by atoms with Crippen molar-refractivity contribution in [2.24, 2.45) is 5.73 Å². The number of carbonyl (C=O) groups is 1. The summed E-state index contributed by atoms with van der Waals surface area (Å²) in [4.78, 5) is 14.7. The topological polar surface area (TPSA) is 99.3 Å². The summed E-state index contributed by atoms with van der Waals surface area (Å²) in [7, 11) is 0. The van der Waals surface area contributed by atoms with Crippen molar-refractivity contribution in [2.75, 3.05) is 5.73 Å². The molecule has 0 saturated carbocycles. The van der Waals surface area contributed by atoms with Crippen molar-refractivity contribution in [1.29, 1.82) is 0 Å². The molecule has 0 saturated heterocycles. The Labute approximate surface area is 73.2 Å². The summed E-state index contributed by atoms with van der Waals surface area (Å²) in [5.41, 5.74) is 11.9. The zero-order valence-electron chi connectivity index (χ0n) is 6.64. The highest BCUT2D eigenvalue weighted by molar-refractivity contribution is 5.94. The second kappa shape index (κ2) is 2.44. The molecule has 6 heteroatoms. The first-order valence-corrected chi connectivity index (χ1v) is 3.57. The number of hydrogen-bond acceptors (Lipinski definition) is 4. The SMILES string of the molecule is NC(=O)c1cc(N)c2ncnn2c1. The largest absolute Gasteiger partial charge is 0.396 e. The lowest BCUT2D eigenvalue weighted by Gasteiger charge is -1.99. The van der Waals surface area contributed by atoms with Gasteiger partial charge in [0.25, 0.3) is 0 Å². The minimum absolute atomic E-state index is 0.315. The summed E-state index contributed by atoms with van der Waals surface area (Å²) >= 11 is 0. The Hall–Kier alpha value is -2.11. The molecule has 6 nitrogen and oxygen atoms in total. The van der Waals surface area contributed by atoms with E-state index in [0.29, 0.717) is 16.9 Å². The Morgan fingerprint density at radius 1 is 1.54 bits per heavy atom. The molecule has 4 N–H and O–H groups in total. The maximum Gasteiger partial charge on any atom is 0.250 e. The van der Waals surface area contributed by atoms with E-state index in [9.17, 15) is 4.79 Å². The number of nitrogens with zero attached hydrogens (tertiary/aromatic N) is 3. The third kappa shape index (κ3) is 1.08. The second-order valence-electron chi connectivity index (χ2n) is 2.58. The fourth-order valence-electron chi connectivity index (χ4n) is 1.09. The summed E-state index contributed by atoms with van der Waals surface area (Å²) < 4.78 is 1.41. The van der Waals surface area contributed by atoms with Crippen LogP contribution in [0.1, 0.15) is 10.4 Å². The first-order valence-electron chi connectivity index (χ1n) is 3.57. The summed E-state index contributed by atoms with van der Waals surface area (Å²) in [6.07, 6.45) is 2.84. The Morgan fingerprint density at radius 3 is 3.00 bits per heavy atom. The smallest absolute Gasteiger partial charge is 0.250 e. The first kappa shape index (κ1) is 7.53. The molecule has 0 unspecified atom stereocenters. The lowest BCUT2D eigenvalue weighted by Crippen LogP contribution is -2.12. The minimum atomic E-state index is -0.538. The van der Waals surface area contributed by atoms with Gasteiger partial charge in [0.15, 0.2) is 5.65 Å². The van der Waals surface area contributed by atoms with Gasteiger partial charge in [0.1, 0.15) is 6.33 Å². The Bertz CT molecular complexity index is 475. The van der Waals surface area contributed by atoms with Crippen LogP contribution in [0.25, 0.3) is 5.65 Å². The van der Waals surface area contributed by atoms with E-state index >= 15 is 0 Å². The molecule has 0 aliphatic heterocycles. The van der Waals surface area contributed by atoms with E-state index in [0.717, 1.165) is 0 Å². The molecule has 0 aliphatic carbocycles. The van der Waals surface area contributed by atoms with Gasteiger partial charge in [-0.1, -0.05) is 0 Å². The number of rotatable bonds is 1. The molecule has 2 heterocycles. The van der Waals surface area contributed by atoms with Crippen molar-refractivity contribution in [3.8, 4) is 0 Å². The van der Waals surface area contributed by atoms with Gasteiger partial charge in [-0.2, -0.15) is 5.10 Å². The van der Waals surface area contributed by atoms with E-state index in [1.807, 2.05) is 0 Å². The summed E-state index contributed by atoms with van der Waals surface area (Å²) in [5, 5.41) is 3.84. The number of carbonyl (C=O) groups excluding carboxylic acids is 1. The number of nitrogens with two attached hydrogens (primary N) is 2. The van der Waals surface area contributed by atoms with Crippen LogP contribution in [-0.4, -0.2) is 20.5 Å². The van der Waals surface area contributed by atoms with Crippen LogP contribution in [0.3, 0.4) is 0 Å². The fraction of sp³-hybridized carbons (Fsp3) is 0. The predicted molar refractivity (Wildman–Crippen MR) is 45.9 cm³/mol. The van der Waals surface area contributed by atoms with Crippen LogP contribution in [0.5, 0.6) is 0 Å². The van der Waals surface area contributed by atoms with Crippen molar-refractivity contribution >= 4 is 17.2 Å². The lowest BCUT2D eigenvalue weighted by molar-refractivity contribution is 0.1000. The van der Waals surface area contributed by atoms with Gasteiger partial charge in [-0.15, -0.1) is 0 Å². The van der Waals surface area contributed by atoms with Gasteiger partial charge in [0, 0.05) is 6.20 Å². The third-order valence-corrected chi connectivity index (χ3v) is 1.69. The van der Waals surface area contributed by atoms with Gasteiger partial charge in [-0.3, -0.25) is 4.79 Å². The Balaban J connectivity index is 2.77. The fourth-order valence-corrected chi connectivity index (χ4v) is 1.09. The maximum atomic E-state index is 10.8. The molecule has 2 aromatic rings. The predicted octanol–water partition coefficient (Wildman–Crippen LogP) is -0.590. The van der Waals surface area contributed by atoms with Crippen LogP contribution >= 0.6 is 0 Å². The second-order valence-corrected chi connectivity index (χ2v) is 2.58. The zero-order chi connectivity index (χ0) is 9.42. The quantitative estimate of drug-likeness (QED) is 0.608. The van der Waals surface area contributed by atoms with Crippen molar-refractivity contribution in [3.63, 3.8) is 0 Å². The van der Waals surface area contributed by atoms with Crippen LogP contribution in [-0.2, 0) is 0 Å². The van der Waals surface area contributed by atoms with Crippen LogP contribution in [0.15, 0.2) is 18.6 Å². The standard InChI is InChI=1S/C7H7N5O/c8-5-1-4(6(9)13)2-12-7(5)10-3-11-12/h1-3H,8H2,(H2,9,13). The molecule has 13 heavy (non-hydrogen) atoms. The van der Waals surface area contributed by atoms with E-state index in [-0.39, 0.29) is 0 Å². The summed E-state index contributed by atoms with van der Waals surface area (Å²) in [6, 6.07) is 1.48. The molecule has 0 radical (unpaired) electrons. The monoisotopic (exact) mass is 177 g/mol. The maximum absolute atomic E-state index is 10.8. The average Bonchev–Trinajstić information content (AvgIpc) is 2.51. The lowest BCUT2D eigenvalue weighted by atomic mass is 10.2. The number of aromatic nitrogens is 3. The van der Waals surface area contributed by atoms with Crippen molar-refractivity contribution < 1.29 is 4.79 Å². The number of anilines is 1. The normalized spacial score (nSPS) is 10.5. The van der Waals surface area contributed by atoms with Crippen LogP contribution in [0, 0.1) is 0 Å². The molecular formula is C7H7N5O. The Kier molecular flexibility index (Phi) is 1.42. The third-order valence-electron chi connectivity index (χ3n) is 1.69. The molecule has 0 aliphatic rings. The number of pyridine rings is 1. The van der Waals surface area contributed by atoms with E-state index in [1.165, 1.54) is 23.1 Å². The molecule has 66 valence electrons. The number of primary amides is 1. The van der Waals surface area contributed by atoms with Gasteiger partial charge in [-0.25, -0.2) is 9.50 Å². The van der Waals surface area contributed by atoms with Gasteiger partial charge in [-0.05, 0) is 6.07 Å². The number of amides is 1. The zero-order valence-corrected chi connectivity index (χ0v) is 6.64. The molecular weight excluding hydrogens is 170 g/mol. The molecule has 0 atom stereocenters. The van der Waals surface area contributed by atoms with Crippen molar-refractivity contribution in [1.82, 2.24) is 14.6 Å². The first-order chi connectivity index (χ1) is 6.18. The highest BCUT2D eigenvalue weighted by Gasteiger charge is 2.06. The van der Waals surface area contributed by atoms with Gasteiger partial charge < -0.3 is 11.5 Å². The van der Waals surface area contributed by atoms with Crippen LogP contribution < -0.4 is 11.5 Å². The molecule has 0 spiro atoms. The van der Waals surface area contributed by atoms with Gasteiger partial charge in [0.05, 0.1) is 11.3 Å². The van der Waals surface area contributed by atoms with E-state index < -0.39 is 5.91 Å². The van der Waals surface area contributed by atoms with E-state index in [4.69, 9.17) is 11.5 Å². The molecule has 0 aromatic carbocycles. The average molecular weight is 177 g/mol. The van der Waals surface area contributed by atoms with E-state index in [2.05, 4.69) is 10.1 Å². The van der Waals surface area contributed by atoms with Gasteiger partial charge in [0.2, 0.25) is 5.91 Å².